The number of oxime groups is 1. The molecule has 2 aromatic rings. The van der Waals surface area contributed by atoms with E-state index < -0.39 is 5.97 Å². The number of carbonyl (C=O) groups is 1. The van der Waals surface area contributed by atoms with Crippen molar-refractivity contribution in [2.75, 3.05) is 0 Å². The van der Waals surface area contributed by atoms with Gasteiger partial charge in [0.05, 0.1) is 5.56 Å². The van der Waals surface area contributed by atoms with E-state index in [1.54, 1.807) is 36.7 Å². The first-order valence-corrected chi connectivity index (χ1v) is 6.93. The van der Waals surface area contributed by atoms with E-state index in [0.717, 1.165) is 5.56 Å². The molecule has 0 amide bonds. The third-order valence-electron chi connectivity index (χ3n) is 3.17. The normalized spacial score (nSPS) is 12.0. The van der Waals surface area contributed by atoms with Crippen molar-refractivity contribution in [3.8, 4) is 0 Å². The Morgan fingerprint density at radius 3 is 2.36 bits per heavy atom. The highest BCUT2D eigenvalue weighted by Gasteiger charge is 2.15. The summed E-state index contributed by atoms with van der Waals surface area (Å²) >= 11 is 0. The standard InChI is InChI=1S/C17H19N3O2/c1-17(2,3)14-8-6-12(7-9-14)16(21)22-20-15(18)13-5-4-10-19-11-13/h4-11H,1-3H3,(H2,18,20). The van der Waals surface area contributed by atoms with E-state index in [2.05, 4.69) is 30.9 Å². The number of benzene rings is 1. The first-order valence-electron chi connectivity index (χ1n) is 6.93. The summed E-state index contributed by atoms with van der Waals surface area (Å²) in [6, 6.07) is 10.7. The highest BCUT2D eigenvalue weighted by Crippen LogP contribution is 2.22. The molecular weight excluding hydrogens is 278 g/mol. The molecule has 0 fully saturated rings. The van der Waals surface area contributed by atoms with Crippen LogP contribution in [0, 0.1) is 0 Å². The van der Waals surface area contributed by atoms with Crippen molar-refractivity contribution in [2.45, 2.75) is 26.2 Å². The van der Waals surface area contributed by atoms with Crippen LogP contribution in [0.1, 0.15) is 42.3 Å². The van der Waals surface area contributed by atoms with Crippen LogP contribution in [0.2, 0.25) is 0 Å². The van der Waals surface area contributed by atoms with E-state index >= 15 is 0 Å². The molecule has 0 saturated heterocycles. The summed E-state index contributed by atoms with van der Waals surface area (Å²) < 4.78 is 0. The van der Waals surface area contributed by atoms with Gasteiger partial charge < -0.3 is 10.6 Å². The first-order chi connectivity index (χ1) is 10.4. The number of nitrogens with zero attached hydrogens (tertiary/aromatic N) is 2. The minimum atomic E-state index is -0.549. The van der Waals surface area contributed by atoms with Crippen LogP contribution in [0.15, 0.2) is 53.9 Å². The van der Waals surface area contributed by atoms with Gasteiger partial charge in [-0.2, -0.15) is 0 Å². The number of nitrogens with two attached hydrogens (primary N) is 1. The van der Waals surface area contributed by atoms with Gasteiger partial charge in [-0.1, -0.05) is 38.1 Å². The number of pyridine rings is 1. The fourth-order valence-electron chi connectivity index (χ4n) is 1.82. The van der Waals surface area contributed by atoms with Gasteiger partial charge in [-0.15, -0.1) is 0 Å². The molecule has 0 saturated carbocycles. The average Bonchev–Trinajstić information content (AvgIpc) is 2.52. The van der Waals surface area contributed by atoms with Gasteiger partial charge in [0, 0.05) is 18.0 Å². The molecule has 5 heteroatoms. The fourth-order valence-corrected chi connectivity index (χ4v) is 1.82. The zero-order valence-corrected chi connectivity index (χ0v) is 12.9. The molecule has 2 rings (SSSR count). The zero-order valence-electron chi connectivity index (χ0n) is 12.9. The highest BCUT2D eigenvalue weighted by molar-refractivity contribution is 5.97. The topological polar surface area (TPSA) is 77.6 Å². The summed E-state index contributed by atoms with van der Waals surface area (Å²) in [7, 11) is 0. The largest absolute Gasteiger partial charge is 0.380 e. The Morgan fingerprint density at radius 2 is 1.82 bits per heavy atom. The minimum absolute atomic E-state index is 0.0331. The molecule has 0 aliphatic heterocycles. The van der Waals surface area contributed by atoms with Crippen molar-refractivity contribution < 1.29 is 9.63 Å². The molecule has 0 radical (unpaired) electrons. The molecule has 0 aliphatic carbocycles. The second-order valence-corrected chi connectivity index (χ2v) is 5.92. The summed E-state index contributed by atoms with van der Waals surface area (Å²) in [6.45, 7) is 6.33. The third kappa shape index (κ3) is 3.91. The van der Waals surface area contributed by atoms with Crippen molar-refractivity contribution in [2.24, 2.45) is 10.9 Å². The van der Waals surface area contributed by atoms with Gasteiger partial charge in [-0.25, -0.2) is 4.79 Å². The van der Waals surface area contributed by atoms with E-state index in [-0.39, 0.29) is 11.3 Å². The Hall–Kier alpha value is -2.69. The van der Waals surface area contributed by atoms with Gasteiger partial charge in [0.15, 0.2) is 5.84 Å². The number of aromatic nitrogens is 1. The molecule has 114 valence electrons. The average molecular weight is 297 g/mol. The van der Waals surface area contributed by atoms with Crippen LogP contribution in [-0.2, 0) is 10.3 Å². The van der Waals surface area contributed by atoms with E-state index in [1.165, 1.54) is 0 Å². The Morgan fingerprint density at radius 1 is 1.14 bits per heavy atom. The molecule has 0 unspecified atom stereocenters. The summed E-state index contributed by atoms with van der Waals surface area (Å²) in [4.78, 5) is 20.7. The van der Waals surface area contributed by atoms with Gasteiger partial charge in [0.1, 0.15) is 0 Å². The van der Waals surface area contributed by atoms with Crippen molar-refractivity contribution in [1.82, 2.24) is 4.98 Å². The van der Waals surface area contributed by atoms with Crippen LogP contribution < -0.4 is 5.73 Å². The number of amidine groups is 1. The fraction of sp³-hybridized carbons (Fsp3) is 0.235. The molecule has 0 aliphatic rings. The molecule has 2 N–H and O–H groups in total. The lowest BCUT2D eigenvalue weighted by Gasteiger charge is -2.18. The molecule has 5 nitrogen and oxygen atoms in total. The summed E-state index contributed by atoms with van der Waals surface area (Å²) in [6.07, 6.45) is 3.17. The van der Waals surface area contributed by atoms with E-state index in [0.29, 0.717) is 11.1 Å². The molecule has 22 heavy (non-hydrogen) atoms. The van der Waals surface area contributed by atoms with Gasteiger partial charge in [0.25, 0.3) is 0 Å². The number of rotatable bonds is 3. The molecule has 1 aromatic heterocycles. The molecule has 1 heterocycles. The van der Waals surface area contributed by atoms with E-state index in [9.17, 15) is 4.79 Å². The zero-order chi connectivity index (χ0) is 16.2. The second-order valence-electron chi connectivity index (χ2n) is 5.92. The minimum Gasteiger partial charge on any atom is -0.380 e. The molecular formula is C17H19N3O2. The Bertz CT molecular complexity index is 671. The van der Waals surface area contributed by atoms with Crippen LogP contribution in [0.5, 0.6) is 0 Å². The van der Waals surface area contributed by atoms with Crippen LogP contribution in [0.3, 0.4) is 0 Å². The van der Waals surface area contributed by atoms with Crippen molar-refractivity contribution in [3.63, 3.8) is 0 Å². The first kappa shape index (κ1) is 15.7. The Balaban J connectivity index is 2.07. The predicted molar refractivity (Wildman–Crippen MR) is 85.5 cm³/mol. The molecule has 0 atom stereocenters. The van der Waals surface area contributed by atoms with Gasteiger partial charge in [-0.3, -0.25) is 4.98 Å². The van der Waals surface area contributed by atoms with Gasteiger partial charge in [-0.05, 0) is 35.2 Å². The van der Waals surface area contributed by atoms with Crippen LogP contribution in [0.4, 0.5) is 0 Å². The Labute approximate surface area is 129 Å². The molecule has 0 spiro atoms. The van der Waals surface area contributed by atoms with Crippen molar-refractivity contribution in [1.29, 1.82) is 0 Å². The molecule has 0 bridgehead atoms. The highest BCUT2D eigenvalue weighted by atomic mass is 16.7. The van der Waals surface area contributed by atoms with Crippen LogP contribution in [-0.4, -0.2) is 16.8 Å². The lowest BCUT2D eigenvalue weighted by Crippen LogP contribution is -2.15. The van der Waals surface area contributed by atoms with Gasteiger partial charge >= 0.3 is 5.97 Å². The lowest BCUT2D eigenvalue weighted by atomic mass is 9.87. The summed E-state index contributed by atoms with van der Waals surface area (Å²) in [5, 5.41) is 3.65. The summed E-state index contributed by atoms with van der Waals surface area (Å²) in [5.41, 5.74) is 7.93. The van der Waals surface area contributed by atoms with Crippen molar-refractivity contribution >= 4 is 11.8 Å². The van der Waals surface area contributed by atoms with Crippen molar-refractivity contribution in [3.05, 3.63) is 65.5 Å². The number of hydrogen-bond acceptors (Lipinski definition) is 4. The smallest absolute Gasteiger partial charge is 0.365 e. The lowest BCUT2D eigenvalue weighted by molar-refractivity contribution is 0.0516. The third-order valence-corrected chi connectivity index (χ3v) is 3.17. The summed E-state index contributed by atoms with van der Waals surface area (Å²) in [5.74, 6) is -0.444. The maximum absolute atomic E-state index is 11.9. The maximum atomic E-state index is 11.9. The maximum Gasteiger partial charge on any atom is 0.365 e. The quantitative estimate of drug-likeness (QED) is 0.409. The van der Waals surface area contributed by atoms with Gasteiger partial charge in [0.2, 0.25) is 0 Å². The second kappa shape index (κ2) is 6.39. The van der Waals surface area contributed by atoms with E-state index in [4.69, 9.17) is 10.6 Å². The number of hydrogen-bond donors (Lipinski definition) is 1. The Kier molecular flexibility index (Phi) is 4.56. The van der Waals surface area contributed by atoms with Crippen LogP contribution in [0.25, 0.3) is 0 Å². The monoisotopic (exact) mass is 297 g/mol. The van der Waals surface area contributed by atoms with Crippen LogP contribution >= 0.6 is 0 Å². The van der Waals surface area contributed by atoms with E-state index in [1.807, 2.05) is 12.1 Å². The SMILES string of the molecule is CC(C)(C)c1ccc(C(=O)O/N=C(/N)c2cccnc2)cc1. The number of carbonyl (C=O) groups excluding carboxylic acids is 1. The predicted octanol–water partition coefficient (Wildman–Crippen LogP) is 2.86. The molecule has 1 aromatic carbocycles.